The minimum atomic E-state index is -6.65. The third-order valence-electron chi connectivity index (χ3n) is 2.04. The summed E-state index contributed by atoms with van der Waals surface area (Å²) in [4.78, 5) is 0. The molecule has 1 fully saturated rings. The third kappa shape index (κ3) is 1.51. The Labute approximate surface area is 91.4 Å². The highest BCUT2D eigenvalue weighted by atomic mass is 19.4. The van der Waals surface area contributed by atoms with Crippen LogP contribution in [0.1, 0.15) is 0 Å². The van der Waals surface area contributed by atoms with Gasteiger partial charge in [-0.15, -0.1) is 0 Å². The van der Waals surface area contributed by atoms with Crippen LogP contribution in [0.5, 0.6) is 0 Å². The van der Waals surface area contributed by atoms with Gasteiger partial charge >= 0.3 is 29.9 Å². The van der Waals surface area contributed by atoms with E-state index in [0.717, 1.165) is 0 Å². The van der Waals surface area contributed by atoms with Gasteiger partial charge in [-0.1, -0.05) is 0 Å². The molecule has 0 spiro atoms. The lowest BCUT2D eigenvalue weighted by atomic mass is 10.1. The molecule has 0 aliphatic carbocycles. The summed E-state index contributed by atoms with van der Waals surface area (Å²) in [5, 5.41) is 0. The highest BCUT2D eigenvalue weighted by molar-refractivity contribution is 5.11. The molecule has 1 aliphatic heterocycles. The summed E-state index contributed by atoms with van der Waals surface area (Å²) in [6, 6.07) is 0. The fourth-order valence-corrected chi connectivity index (χ4v) is 1.09. The highest BCUT2D eigenvalue weighted by Crippen LogP contribution is 2.64. The molecule has 0 aromatic carbocycles. The van der Waals surface area contributed by atoms with Crippen LogP contribution in [0.2, 0.25) is 0 Å². The van der Waals surface area contributed by atoms with Crippen molar-refractivity contribution < 1.29 is 53.4 Å². The molecule has 12 heteroatoms. The van der Waals surface area contributed by atoms with Crippen molar-refractivity contribution in [3.05, 3.63) is 0 Å². The lowest BCUT2D eigenvalue weighted by molar-refractivity contribution is -0.442. The average Bonchev–Trinajstić information content (AvgIpc) is 2.23. The maximum atomic E-state index is 13.1. The smallest absolute Gasteiger partial charge is 0.284 e. The largest absolute Gasteiger partial charge is 0.429 e. The van der Waals surface area contributed by atoms with Gasteiger partial charge in [0, 0.05) is 0 Å². The number of halogens is 10. The SMILES string of the molecule is FCOC(F)(F)C1(F)OC(F)(F)C(F)(F)C1(F)F. The summed E-state index contributed by atoms with van der Waals surface area (Å²) in [5.74, 6) is -19.4. The maximum Gasteiger partial charge on any atom is 0.429 e. The van der Waals surface area contributed by atoms with E-state index in [9.17, 15) is 43.9 Å². The first-order valence-corrected chi connectivity index (χ1v) is 3.87. The Morgan fingerprint density at radius 1 is 0.889 bits per heavy atom. The molecule has 0 radical (unpaired) electrons. The van der Waals surface area contributed by atoms with Crippen LogP contribution >= 0.6 is 0 Å². The summed E-state index contributed by atoms with van der Waals surface area (Å²) < 4.78 is 129. The fourth-order valence-electron chi connectivity index (χ4n) is 1.09. The second-order valence-electron chi connectivity index (χ2n) is 3.13. The van der Waals surface area contributed by atoms with Gasteiger partial charge in [-0.3, -0.25) is 9.47 Å². The number of hydrogen-bond acceptors (Lipinski definition) is 2. The molecule has 1 heterocycles. The molecule has 0 aromatic rings. The monoisotopic (exact) mass is 296 g/mol. The van der Waals surface area contributed by atoms with E-state index >= 15 is 0 Å². The van der Waals surface area contributed by atoms with E-state index in [1.54, 1.807) is 0 Å². The van der Waals surface area contributed by atoms with E-state index in [0.29, 0.717) is 0 Å². The first-order valence-electron chi connectivity index (χ1n) is 3.87. The van der Waals surface area contributed by atoms with Crippen LogP contribution in [0.25, 0.3) is 0 Å². The van der Waals surface area contributed by atoms with Crippen molar-refractivity contribution in [3.8, 4) is 0 Å². The predicted molar refractivity (Wildman–Crippen MR) is 31.8 cm³/mol. The number of alkyl halides is 10. The molecule has 2 nitrogen and oxygen atoms in total. The topological polar surface area (TPSA) is 18.5 Å². The van der Waals surface area contributed by atoms with Crippen LogP contribution in [0, 0.1) is 0 Å². The lowest BCUT2D eigenvalue weighted by Gasteiger charge is -2.31. The molecule has 1 saturated heterocycles. The van der Waals surface area contributed by atoms with Gasteiger partial charge in [0.15, 0.2) is 6.86 Å². The summed E-state index contributed by atoms with van der Waals surface area (Å²) >= 11 is 0. The lowest BCUT2D eigenvalue weighted by Crippen LogP contribution is -2.60. The van der Waals surface area contributed by atoms with Gasteiger partial charge < -0.3 is 0 Å². The van der Waals surface area contributed by atoms with Crippen molar-refractivity contribution in [2.45, 2.75) is 29.9 Å². The predicted octanol–water partition coefficient (Wildman–Crippen LogP) is 3.08. The number of rotatable bonds is 3. The Kier molecular flexibility index (Phi) is 3.07. The van der Waals surface area contributed by atoms with Crippen molar-refractivity contribution in [1.29, 1.82) is 0 Å². The van der Waals surface area contributed by atoms with E-state index in [2.05, 4.69) is 9.47 Å². The second kappa shape index (κ2) is 3.62. The molecule has 1 atom stereocenters. The standard InChI is InChI=1S/C6H2F10O2/c7-1-17-6(15,16)4(12)2(8,9)3(10,11)5(13,14)18-4/h1H2. The van der Waals surface area contributed by atoms with Crippen molar-refractivity contribution in [3.63, 3.8) is 0 Å². The van der Waals surface area contributed by atoms with Gasteiger partial charge in [-0.25, -0.2) is 4.39 Å². The molecule has 0 saturated carbocycles. The van der Waals surface area contributed by atoms with Crippen LogP contribution in [0.15, 0.2) is 0 Å². The van der Waals surface area contributed by atoms with Crippen LogP contribution in [-0.4, -0.2) is 36.8 Å². The van der Waals surface area contributed by atoms with Crippen LogP contribution in [0.4, 0.5) is 43.9 Å². The molecule has 0 amide bonds. The minimum Gasteiger partial charge on any atom is -0.284 e. The van der Waals surface area contributed by atoms with Crippen LogP contribution in [-0.2, 0) is 9.47 Å². The minimum absolute atomic E-state index is 2.14. The van der Waals surface area contributed by atoms with E-state index in [-0.39, 0.29) is 0 Å². The number of hydrogen-bond donors (Lipinski definition) is 0. The Morgan fingerprint density at radius 3 is 1.61 bits per heavy atom. The number of ether oxygens (including phenoxy) is 2. The molecule has 1 rings (SSSR count). The molecule has 0 aromatic heterocycles. The zero-order valence-electron chi connectivity index (χ0n) is 7.80. The first-order chi connectivity index (χ1) is 7.77. The molecule has 1 unspecified atom stereocenters. The van der Waals surface area contributed by atoms with E-state index in [1.807, 2.05) is 0 Å². The maximum absolute atomic E-state index is 13.1. The fraction of sp³-hybridized carbons (Fsp3) is 1.00. The highest BCUT2D eigenvalue weighted by Gasteiger charge is 2.95. The molecule has 1 aliphatic rings. The Hall–Kier alpha value is -0.780. The van der Waals surface area contributed by atoms with E-state index in [4.69, 9.17) is 0 Å². The molecular formula is C6H2F10O2. The van der Waals surface area contributed by atoms with Crippen molar-refractivity contribution in [2.24, 2.45) is 0 Å². The van der Waals surface area contributed by atoms with E-state index in [1.165, 1.54) is 0 Å². The summed E-state index contributed by atoms with van der Waals surface area (Å²) in [5.41, 5.74) is 0. The molecule has 108 valence electrons. The zero-order chi connectivity index (χ0) is 14.6. The first kappa shape index (κ1) is 15.3. The van der Waals surface area contributed by atoms with Gasteiger partial charge in [0.05, 0.1) is 0 Å². The quantitative estimate of drug-likeness (QED) is 0.745. The van der Waals surface area contributed by atoms with E-state index < -0.39 is 36.8 Å². The normalized spacial score (nSPS) is 33.7. The van der Waals surface area contributed by atoms with Gasteiger partial charge in [0.2, 0.25) is 0 Å². The summed E-state index contributed by atoms with van der Waals surface area (Å²) in [6.45, 7) is -2.60. The third-order valence-corrected chi connectivity index (χ3v) is 2.04. The molecule has 0 N–H and O–H groups in total. The Balaban J connectivity index is 3.35. The zero-order valence-corrected chi connectivity index (χ0v) is 7.80. The summed E-state index contributed by atoms with van der Waals surface area (Å²) in [7, 11) is 0. The van der Waals surface area contributed by atoms with Gasteiger partial charge in [0.1, 0.15) is 0 Å². The van der Waals surface area contributed by atoms with Crippen molar-refractivity contribution in [1.82, 2.24) is 0 Å². The average molecular weight is 296 g/mol. The molecule has 18 heavy (non-hydrogen) atoms. The van der Waals surface area contributed by atoms with Gasteiger partial charge in [0.25, 0.3) is 0 Å². The van der Waals surface area contributed by atoms with Crippen molar-refractivity contribution >= 4 is 0 Å². The molecular weight excluding hydrogens is 294 g/mol. The van der Waals surface area contributed by atoms with Crippen LogP contribution < -0.4 is 0 Å². The molecule has 0 bridgehead atoms. The summed E-state index contributed by atoms with van der Waals surface area (Å²) in [6.07, 6.45) is -12.3. The van der Waals surface area contributed by atoms with Crippen LogP contribution in [0.3, 0.4) is 0 Å². The Bertz CT molecular complexity index is 341. The van der Waals surface area contributed by atoms with Gasteiger partial charge in [-0.2, -0.15) is 39.5 Å². The van der Waals surface area contributed by atoms with Gasteiger partial charge in [-0.05, 0) is 0 Å². The Morgan fingerprint density at radius 2 is 1.33 bits per heavy atom. The van der Waals surface area contributed by atoms with Crippen molar-refractivity contribution in [2.75, 3.05) is 6.86 Å². The second-order valence-corrected chi connectivity index (χ2v) is 3.13.